The molecule has 0 saturated carbocycles. The average molecular weight is 313 g/mol. The number of rotatable bonds is 5. The van der Waals surface area contributed by atoms with Gasteiger partial charge >= 0.3 is 0 Å². The predicted molar refractivity (Wildman–Crippen MR) is 85.4 cm³/mol. The van der Waals surface area contributed by atoms with Crippen LogP contribution < -0.4 is 5.32 Å². The monoisotopic (exact) mass is 312 g/mol. The highest BCUT2D eigenvalue weighted by Crippen LogP contribution is 2.14. The number of aromatic nitrogens is 2. The molecule has 6 heteroatoms. The zero-order valence-electron chi connectivity index (χ0n) is 11.7. The Labute approximate surface area is 133 Å². The number of hydrogen-bond donors (Lipinski definition) is 1. The molecule has 0 aliphatic rings. The van der Waals surface area contributed by atoms with Gasteiger partial charge in [-0.25, -0.2) is 4.68 Å². The molecule has 1 heterocycles. The van der Waals surface area contributed by atoms with E-state index in [2.05, 4.69) is 17.0 Å². The molecular formula is C16H13ClN4O. The molecule has 1 aromatic carbocycles. The molecule has 22 heavy (non-hydrogen) atoms. The first-order valence-corrected chi connectivity index (χ1v) is 6.83. The molecule has 0 fully saturated rings. The Morgan fingerprint density at radius 3 is 2.82 bits per heavy atom. The van der Waals surface area contributed by atoms with Gasteiger partial charge in [0, 0.05) is 23.3 Å². The zero-order chi connectivity index (χ0) is 15.9. The first-order valence-electron chi connectivity index (χ1n) is 6.45. The molecule has 1 aromatic heterocycles. The third-order valence-corrected chi connectivity index (χ3v) is 3.03. The first kappa shape index (κ1) is 15.5. The van der Waals surface area contributed by atoms with Crippen molar-refractivity contribution in [3.05, 3.63) is 65.5 Å². The van der Waals surface area contributed by atoms with Gasteiger partial charge in [-0.1, -0.05) is 17.7 Å². The number of amides is 1. The zero-order valence-corrected chi connectivity index (χ0v) is 12.4. The van der Waals surface area contributed by atoms with Gasteiger partial charge in [0.05, 0.1) is 11.9 Å². The molecule has 110 valence electrons. The lowest BCUT2D eigenvalue weighted by Gasteiger charge is -2.00. The molecule has 0 radical (unpaired) electrons. The van der Waals surface area contributed by atoms with E-state index in [1.54, 1.807) is 35.3 Å². The van der Waals surface area contributed by atoms with Crippen molar-refractivity contribution in [2.24, 2.45) is 0 Å². The maximum Gasteiger partial charge on any atom is 0.262 e. The summed E-state index contributed by atoms with van der Waals surface area (Å²) in [6.07, 6.45) is 6.33. The van der Waals surface area contributed by atoms with Crippen LogP contribution in [0.15, 0.2) is 54.9 Å². The topological polar surface area (TPSA) is 70.7 Å². The van der Waals surface area contributed by atoms with E-state index < -0.39 is 5.91 Å². The number of benzene rings is 1. The van der Waals surface area contributed by atoms with Crippen LogP contribution in [-0.2, 0) is 4.79 Å². The van der Waals surface area contributed by atoms with Gasteiger partial charge in [-0.2, -0.15) is 10.4 Å². The molecule has 0 bridgehead atoms. The van der Waals surface area contributed by atoms with Crippen LogP contribution in [0.1, 0.15) is 5.56 Å². The van der Waals surface area contributed by atoms with Gasteiger partial charge in [0.1, 0.15) is 11.6 Å². The van der Waals surface area contributed by atoms with E-state index in [-0.39, 0.29) is 5.57 Å². The van der Waals surface area contributed by atoms with Crippen LogP contribution in [-0.4, -0.2) is 22.2 Å². The highest BCUT2D eigenvalue weighted by Gasteiger charge is 2.08. The Balaban J connectivity index is 2.21. The van der Waals surface area contributed by atoms with Crippen molar-refractivity contribution in [1.82, 2.24) is 15.1 Å². The molecule has 0 aliphatic heterocycles. The number of carbonyl (C=O) groups excluding carboxylic acids is 1. The summed E-state index contributed by atoms with van der Waals surface area (Å²) in [5.74, 6) is -0.443. The van der Waals surface area contributed by atoms with Crippen LogP contribution in [0.5, 0.6) is 0 Å². The molecule has 2 rings (SSSR count). The van der Waals surface area contributed by atoms with Crippen LogP contribution in [0.25, 0.3) is 11.8 Å². The standard InChI is InChI=1S/C16H13ClN4O/c1-2-7-19-16(22)13(9-18)8-12-10-20-21(11-12)15-5-3-14(17)4-6-15/h2-6,8,10-11H,1,7H2,(H,19,22)/b13-8+. The predicted octanol–water partition coefficient (Wildman–Crippen LogP) is 2.73. The minimum absolute atomic E-state index is 0.0116. The average Bonchev–Trinajstić information content (AvgIpc) is 2.99. The second-order valence-corrected chi connectivity index (χ2v) is 4.80. The van der Waals surface area contributed by atoms with E-state index in [1.807, 2.05) is 18.2 Å². The lowest BCUT2D eigenvalue weighted by molar-refractivity contribution is -0.116. The van der Waals surface area contributed by atoms with E-state index in [4.69, 9.17) is 16.9 Å². The molecule has 0 spiro atoms. The Kier molecular flexibility index (Phi) is 5.12. The van der Waals surface area contributed by atoms with Gasteiger partial charge in [-0.3, -0.25) is 4.79 Å². The van der Waals surface area contributed by atoms with Crippen molar-refractivity contribution in [1.29, 1.82) is 5.26 Å². The fraction of sp³-hybridized carbons (Fsp3) is 0.0625. The second kappa shape index (κ2) is 7.25. The van der Waals surface area contributed by atoms with Gasteiger partial charge in [0.2, 0.25) is 0 Å². The number of carbonyl (C=O) groups is 1. The van der Waals surface area contributed by atoms with Gasteiger partial charge in [0.15, 0.2) is 0 Å². The third-order valence-electron chi connectivity index (χ3n) is 2.78. The summed E-state index contributed by atoms with van der Waals surface area (Å²) in [4.78, 5) is 11.8. The number of hydrogen-bond acceptors (Lipinski definition) is 3. The van der Waals surface area contributed by atoms with Crippen LogP contribution in [0.2, 0.25) is 5.02 Å². The summed E-state index contributed by atoms with van der Waals surface area (Å²) in [6.45, 7) is 3.81. The summed E-state index contributed by atoms with van der Waals surface area (Å²) in [6, 6.07) is 9.05. The Bertz CT molecular complexity index is 753. The summed E-state index contributed by atoms with van der Waals surface area (Å²) in [5.41, 5.74) is 1.50. The van der Waals surface area contributed by atoms with Crippen LogP contribution in [0.3, 0.4) is 0 Å². The van der Waals surface area contributed by atoms with Crippen molar-refractivity contribution in [3.8, 4) is 11.8 Å². The smallest absolute Gasteiger partial charge is 0.262 e. The van der Waals surface area contributed by atoms with Crippen LogP contribution in [0.4, 0.5) is 0 Å². The van der Waals surface area contributed by atoms with Crippen LogP contribution in [0, 0.1) is 11.3 Å². The number of nitrogens with zero attached hydrogens (tertiary/aromatic N) is 3. The normalized spacial score (nSPS) is 10.8. The summed E-state index contributed by atoms with van der Waals surface area (Å²) in [5, 5.41) is 16.5. The van der Waals surface area contributed by atoms with Gasteiger partial charge < -0.3 is 5.32 Å². The van der Waals surface area contributed by atoms with Crippen molar-refractivity contribution in [3.63, 3.8) is 0 Å². The number of nitrogens with one attached hydrogen (secondary N) is 1. The molecular weight excluding hydrogens is 300 g/mol. The van der Waals surface area contributed by atoms with E-state index in [0.717, 1.165) is 5.69 Å². The van der Waals surface area contributed by atoms with Crippen molar-refractivity contribution < 1.29 is 4.79 Å². The Morgan fingerprint density at radius 1 is 1.45 bits per heavy atom. The van der Waals surface area contributed by atoms with E-state index in [0.29, 0.717) is 17.1 Å². The summed E-state index contributed by atoms with van der Waals surface area (Å²) < 4.78 is 1.64. The van der Waals surface area contributed by atoms with E-state index in [9.17, 15) is 4.79 Å². The summed E-state index contributed by atoms with van der Waals surface area (Å²) in [7, 11) is 0. The number of nitriles is 1. The lowest BCUT2D eigenvalue weighted by Crippen LogP contribution is -2.24. The maximum atomic E-state index is 11.8. The Morgan fingerprint density at radius 2 is 2.18 bits per heavy atom. The van der Waals surface area contributed by atoms with Crippen molar-refractivity contribution in [2.75, 3.05) is 6.54 Å². The van der Waals surface area contributed by atoms with E-state index in [1.165, 1.54) is 6.08 Å². The van der Waals surface area contributed by atoms with E-state index >= 15 is 0 Å². The lowest BCUT2D eigenvalue weighted by atomic mass is 10.2. The van der Waals surface area contributed by atoms with Gasteiger partial charge in [-0.15, -0.1) is 6.58 Å². The highest BCUT2D eigenvalue weighted by atomic mass is 35.5. The first-order chi connectivity index (χ1) is 10.6. The molecule has 0 unspecified atom stereocenters. The molecule has 0 saturated heterocycles. The quantitative estimate of drug-likeness (QED) is 0.524. The minimum Gasteiger partial charge on any atom is -0.348 e. The van der Waals surface area contributed by atoms with Crippen molar-refractivity contribution >= 4 is 23.6 Å². The SMILES string of the molecule is C=CCNC(=O)/C(C#N)=C/c1cnn(-c2ccc(Cl)cc2)c1. The van der Waals surface area contributed by atoms with Gasteiger partial charge in [0.25, 0.3) is 5.91 Å². The second-order valence-electron chi connectivity index (χ2n) is 4.36. The van der Waals surface area contributed by atoms with Crippen LogP contribution >= 0.6 is 11.6 Å². The molecule has 5 nitrogen and oxygen atoms in total. The summed E-state index contributed by atoms with van der Waals surface area (Å²) >= 11 is 5.84. The maximum absolute atomic E-state index is 11.8. The molecule has 1 amide bonds. The molecule has 0 aliphatic carbocycles. The molecule has 1 N–H and O–H groups in total. The molecule has 0 atom stereocenters. The minimum atomic E-state index is -0.443. The van der Waals surface area contributed by atoms with Crippen molar-refractivity contribution in [2.45, 2.75) is 0 Å². The Hall–Kier alpha value is -2.84. The number of halogens is 1. The fourth-order valence-electron chi connectivity index (χ4n) is 1.72. The van der Waals surface area contributed by atoms with Gasteiger partial charge in [-0.05, 0) is 30.3 Å². The largest absolute Gasteiger partial charge is 0.348 e. The molecule has 2 aromatic rings. The third kappa shape index (κ3) is 3.84. The highest BCUT2D eigenvalue weighted by molar-refractivity contribution is 6.30. The fourth-order valence-corrected chi connectivity index (χ4v) is 1.85.